The van der Waals surface area contributed by atoms with E-state index in [2.05, 4.69) is 28.2 Å². The van der Waals surface area contributed by atoms with Crippen molar-refractivity contribution >= 4 is 50.9 Å². The maximum Gasteiger partial charge on any atom is 0.261 e. The summed E-state index contributed by atoms with van der Waals surface area (Å²) < 4.78 is 6.56. The molecule has 5 nitrogen and oxygen atoms in total. The van der Waals surface area contributed by atoms with Crippen LogP contribution in [-0.2, 0) is 22.6 Å². The lowest BCUT2D eigenvalue weighted by molar-refractivity contribution is -0.142. The summed E-state index contributed by atoms with van der Waals surface area (Å²) >= 11 is 15.7. The Balaban J connectivity index is 2.20. The smallest absolute Gasteiger partial charge is 0.261 e. The first-order valence-corrected chi connectivity index (χ1v) is 12.2. The molecule has 0 fully saturated rings. The van der Waals surface area contributed by atoms with Crippen LogP contribution in [0.25, 0.3) is 0 Å². The van der Waals surface area contributed by atoms with E-state index in [-0.39, 0.29) is 31.0 Å². The molecule has 174 valence electrons. The minimum Gasteiger partial charge on any atom is -0.483 e. The van der Waals surface area contributed by atoms with Crippen molar-refractivity contribution in [1.29, 1.82) is 0 Å². The fourth-order valence-electron chi connectivity index (χ4n) is 2.99. The van der Waals surface area contributed by atoms with Gasteiger partial charge < -0.3 is 15.0 Å². The highest BCUT2D eigenvalue weighted by molar-refractivity contribution is 9.10. The first-order valence-electron chi connectivity index (χ1n) is 10.6. The number of benzene rings is 2. The molecule has 0 bridgehead atoms. The Hall–Kier alpha value is -1.76. The van der Waals surface area contributed by atoms with Crippen LogP contribution in [0, 0.1) is 0 Å². The van der Waals surface area contributed by atoms with Crippen molar-refractivity contribution in [3.63, 3.8) is 0 Å². The van der Waals surface area contributed by atoms with Crippen LogP contribution in [0.4, 0.5) is 0 Å². The standard InChI is InChI=1S/C24H29BrCl2N2O3/c1-5-15(3)28-24(31)16(4)29(13-18-7-9-20(26)21(27)12-18)23(30)14-32-22-10-8-17(6-2)11-19(22)25/h7-12,15-16H,5-6,13-14H2,1-4H3,(H,28,31)/t15-,16+/m1/s1. The summed E-state index contributed by atoms with van der Waals surface area (Å²) in [6.07, 6.45) is 1.70. The van der Waals surface area contributed by atoms with E-state index < -0.39 is 6.04 Å². The molecule has 32 heavy (non-hydrogen) atoms. The largest absolute Gasteiger partial charge is 0.483 e. The average Bonchev–Trinajstić information content (AvgIpc) is 2.77. The van der Waals surface area contributed by atoms with E-state index in [4.69, 9.17) is 27.9 Å². The Labute approximate surface area is 208 Å². The van der Waals surface area contributed by atoms with Crippen molar-refractivity contribution < 1.29 is 14.3 Å². The molecule has 0 saturated heterocycles. The molecule has 2 amide bonds. The molecule has 0 radical (unpaired) electrons. The molecule has 2 atom stereocenters. The van der Waals surface area contributed by atoms with Crippen LogP contribution >= 0.6 is 39.1 Å². The van der Waals surface area contributed by atoms with E-state index in [0.29, 0.717) is 15.8 Å². The molecular weight excluding hydrogens is 515 g/mol. The summed E-state index contributed by atoms with van der Waals surface area (Å²) in [5.41, 5.74) is 1.93. The van der Waals surface area contributed by atoms with Gasteiger partial charge in [-0.15, -0.1) is 0 Å². The molecule has 2 rings (SSSR count). The number of halogens is 3. The van der Waals surface area contributed by atoms with Crippen LogP contribution in [-0.4, -0.2) is 35.4 Å². The molecule has 0 aliphatic heterocycles. The third kappa shape index (κ3) is 7.39. The number of rotatable bonds is 10. The first kappa shape index (κ1) is 26.5. The minimum absolute atomic E-state index is 0.0103. The van der Waals surface area contributed by atoms with E-state index in [0.717, 1.165) is 28.4 Å². The van der Waals surface area contributed by atoms with Crippen LogP contribution < -0.4 is 10.1 Å². The molecule has 0 aliphatic carbocycles. The molecule has 0 heterocycles. The van der Waals surface area contributed by atoms with Gasteiger partial charge in [-0.05, 0) is 78.0 Å². The zero-order valence-electron chi connectivity index (χ0n) is 18.8. The number of aryl methyl sites for hydroxylation is 1. The van der Waals surface area contributed by atoms with Crippen molar-refractivity contribution in [2.24, 2.45) is 0 Å². The second-order valence-electron chi connectivity index (χ2n) is 7.67. The van der Waals surface area contributed by atoms with E-state index in [1.54, 1.807) is 25.1 Å². The Kier molecular flexibility index (Phi) is 10.3. The summed E-state index contributed by atoms with van der Waals surface area (Å²) in [6.45, 7) is 7.69. The van der Waals surface area contributed by atoms with Gasteiger partial charge in [0.2, 0.25) is 5.91 Å². The quantitative estimate of drug-likeness (QED) is 0.398. The topological polar surface area (TPSA) is 58.6 Å². The van der Waals surface area contributed by atoms with Crippen LogP contribution in [0.5, 0.6) is 5.75 Å². The molecule has 0 saturated carbocycles. The highest BCUT2D eigenvalue weighted by Crippen LogP contribution is 2.27. The Morgan fingerprint density at radius 1 is 1.06 bits per heavy atom. The number of nitrogens with one attached hydrogen (secondary N) is 1. The third-order valence-electron chi connectivity index (χ3n) is 5.26. The zero-order valence-corrected chi connectivity index (χ0v) is 21.9. The van der Waals surface area contributed by atoms with Crippen LogP contribution in [0.2, 0.25) is 10.0 Å². The van der Waals surface area contributed by atoms with Gasteiger partial charge in [0.25, 0.3) is 5.91 Å². The minimum atomic E-state index is -0.694. The molecular formula is C24H29BrCl2N2O3. The summed E-state index contributed by atoms with van der Waals surface area (Å²) in [5, 5.41) is 3.76. The van der Waals surface area contributed by atoms with Crippen molar-refractivity contribution in [2.45, 2.75) is 59.2 Å². The van der Waals surface area contributed by atoms with E-state index in [1.807, 2.05) is 32.0 Å². The highest BCUT2D eigenvalue weighted by Gasteiger charge is 2.27. The molecule has 0 spiro atoms. The summed E-state index contributed by atoms with van der Waals surface area (Å²) in [7, 11) is 0. The summed E-state index contributed by atoms with van der Waals surface area (Å²) in [6, 6.07) is 10.2. The van der Waals surface area contributed by atoms with E-state index in [1.165, 1.54) is 4.90 Å². The Morgan fingerprint density at radius 2 is 1.75 bits per heavy atom. The van der Waals surface area contributed by atoms with Gasteiger partial charge in [-0.1, -0.05) is 49.2 Å². The van der Waals surface area contributed by atoms with Gasteiger partial charge in [0.05, 0.1) is 14.5 Å². The molecule has 2 aromatic rings. The molecule has 2 aromatic carbocycles. The monoisotopic (exact) mass is 542 g/mol. The van der Waals surface area contributed by atoms with Crippen LogP contribution in [0.15, 0.2) is 40.9 Å². The summed E-state index contributed by atoms with van der Waals surface area (Å²) in [4.78, 5) is 27.4. The molecule has 0 aromatic heterocycles. The van der Waals surface area contributed by atoms with Gasteiger partial charge in [0, 0.05) is 12.6 Å². The summed E-state index contributed by atoms with van der Waals surface area (Å²) in [5.74, 6) is 0.0392. The molecule has 0 unspecified atom stereocenters. The van der Waals surface area contributed by atoms with Gasteiger partial charge in [-0.25, -0.2) is 0 Å². The maximum absolute atomic E-state index is 13.2. The van der Waals surface area contributed by atoms with Crippen molar-refractivity contribution in [2.75, 3.05) is 6.61 Å². The Morgan fingerprint density at radius 3 is 2.34 bits per heavy atom. The molecule has 1 N–H and O–H groups in total. The number of nitrogens with zero attached hydrogens (tertiary/aromatic N) is 1. The van der Waals surface area contributed by atoms with E-state index in [9.17, 15) is 9.59 Å². The van der Waals surface area contributed by atoms with Crippen molar-refractivity contribution in [3.05, 3.63) is 62.0 Å². The normalized spacial score (nSPS) is 12.7. The second-order valence-corrected chi connectivity index (χ2v) is 9.34. The lowest BCUT2D eigenvalue weighted by atomic mass is 10.1. The van der Waals surface area contributed by atoms with Crippen molar-refractivity contribution in [1.82, 2.24) is 10.2 Å². The Bertz CT molecular complexity index is 955. The number of hydrogen-bond acceptors (Lipinski definition) is 3. The predicted molar refractivity (Wildman–Crippen MR) is 133 cm³/mol. The SMILES string of the molecule is CCc1ccc(OCC(=O)N(Cc2ccc(Cl)c(Cl)c2)[C@@H](C)C(=O)N[C@H](C)CC)c(Br)c1. The van der Waals surface area contributed by atoms with Crippen molar-refractivity contribution in [3.8, 4) is 5.75 Å². The zero-order chi connectivity index (χ0) is 23.8. The fraction of sp³-hybridized carbons (Fsp3) is 0.417. The third-order valence-corrected chi connectivity index (χ3v) is 6.62. The number of carbonyl (C=O) groups is 2. The second kappa shape index (κ2) is 12.5. The molecule has 0 aliphatic rings. The predicted octanol–water partition coefficient (Wildman–Crippen LogP) is 6.03. The van der Waals surface area contributed by atoms with Gasteiger partial charge in [-0.3, -0.25) is 9.59 Å². The van der Waals surface area contributed by atoms with Crippen LogP contribution in [0.3, 0.4) is 0 Å². The number of ether oxygens (including phenoxy) is 1. The lowest BCUT2D eigenvalue weighted by Crippen LogP contribution is -2.50. The van der Waals surface area contributed by atoms with E-state index >= 15 is 0 Å². The average molecular weight is 544 g/mol. The first-order chi connectivity index (χ1) is 15.2. The number of hydrogen-bond donors (Lipinski definition) is 1. The number of carbonyl (C=O) groups excluding carboxylic acids is 2. The maximum atomic E-state index is 13.2. The van der Waals surface area contributed by atoms with Crippen LogP contribution in [0.1, 0.15) is 45.2 Å². The van der Waals surface area contributed by atoms with Gasteiger partial charge >= 0.3 is 0 Å². The van der Waals surface area contributed by atoms with Gasteiger partial charge in [0.15, 0.2) is 6.61 Å². The lowest BCUT2D eigenvalue weighted by Gasteiger charge is -2.29. The number of amides is 2. The fourth-order valence-corrected chi connectivity index (χ4v) is 3.85. The highest BCUT2D eigenvalue weighted by atomic mass is 79.9. The van der Waals surface area contributed by atoms with Gasteiger partial charge in [0.1, 0.15) is 11.8 Å². The van der Waals surface area contributed by atoms with Gasteiger partial charge in [-0.2, -0.15) is 0 Å². The molecule has 8 heteroatoms.